The molecule has 0 spiro atoms. The van der Waals surface area contributed by atoms with Gasteiger partial charge in [-0.3, -0.25) is 4.79 Å². The summed E-state index contributed by atoms with van der Waals surface area (Å²) in [5, 5.41) is 9.10. The highest BCUT2D eigenvalue weighted by Crippen LogP contribution is 2.23. The first-order valence-corrected chi connectivity index (χ1v) is 6.29. The fraction of sp³-hybridized carbons (Fsp3) is 0.143. The van der Waals surface area contributed by atoms with Crippen molar-refractivity contribution in [3.8, 4) is 11.5 Å². The van der Waals surface area contributed by atoms with Gasteiger partial charge in [0.15, 0.2) is 0 Å². The number of pyridine rings is 1. The minimum atomic E-state index is -1.02. The molecule has 0 fully saturated rings. The molecule has 2 rings (SSSR count). The number of hydrogen-bond acceptors (Lipinski definition) is 4. The van der Waals surface area contributed by atoms with Gasteiger partial charge in [-0.15, -0.1) is 0 Å². The summed E-state index contributed by atoms with van der Waals surface area (Å²) in [4.78, 5) is 14.5. The summed E-state index contributed by atoms with van der Waals surface area (Å²) in [6.07, 6.45) is 1.83. The molecule has 0 aliphatic heterocycles. The van der Waals surface area contributed by atoms with E-state index in [1.165, 1.54) is 0 Å². The predicted octanol–water partition coefficient (Wildman–Crippen LogP) is 2.48. The zero-order valence-electron chi connectivity index (χ0n) is 10.5. The molecule has 5 nitrogen and oxygen atoms in total. The van der Waals surface area contributed by atoms with Gasteiger partial charge in [-0.1, -0.05) is 23.7 Å². The number of hydrogen-bond donors (Lipinski definition) is 2. The topological polar surface area (TPSA) is 85.4 Å². The monoisotopic (exact) mass is 292 g/mol. The Balaban J connectivity index is 2.03. The second-order valence-corrected chi connectivity index (χ2v) is 4.60. The number of nitrogens with zero attached hydrogens (tertiary/aromatic N) is 1. The highest BCUT2D eigenvalue weighted by atomic mass is 35.5. The van der Waals surface area contributed by atoms with Crippen LogP contribution in [0.3, 0.4) is 0 Å². The molecule has 0 unspecified atom stereocenters. The van der Waals surface area contributed by atoms with Crippen LogP contribution < -0.4 is 10.5 Å². The highest BCUT2D eigenvalue weighted by molar-refractivity contribution is 6.29. The zero-order valence-corrected chi connectivity index (χ0v) is 11.2. The number of aliphatic carboxylic acids is 1. The van der Waals surface area contributed by atoms with Crippen LogP contribution in [0.4, 0.5) is 0 Å². The van der Waals surface area contributed by atoms with E-state index in [4.69, 9.17) is 27.2 Å². The number of carboxylic acids is 1. The van der Waals surface area contributed by atoms with Crippen molar-refractivity contribution < 1.29 is 14.6 Å². The van der Waals surface area contributed by atoms with Crippen LogP contribution in [0.25, 0.3) is 0 Å². The molecule has 0 aliphatic rings. The number of aromatic nitrogens is 1. The maximum atomic E-state index is 10.7. The third kappa shape index (κ3) is 3.94. The predicted molar refractivity (Wildman–Crippen MR) is 75.1 cm³/mol. The van der Waals surface area contributed by atoms with E-state index in [1.54, 1.807) is 42.6 Å². The highest BCUT2D eigenvalue weighted by Gasteiger charge is 2.11. The van der Waals surface area contributed by atoms with E-state index in [0.29, 0.717) is 16.7 Å². The van der Waals surface area contributed by atoms with Gasteiger partial charge in [0.25, 0.3) is 0 Å². The van der Waals surface area contributed by atoms with Crippen LogP contribution in [0, 0.1) is 0 Å². The number of rotatable bonds is 5. The summed E-state index contributed by atoms with van der Waals surface area (Å²) in [7, 11) is 0. The van der Waals surface area contributed by atoms with E-state index in [2.05, 4.69) is 4.98 Å². The van der Waals surface area contributed by atoms with Crippen molar-refractivity contribution in [1.82, 2.24) is 4.98 Å². The number of halogens is 1. The van der Waals surface area contributed by atoms with Crippen LogP contribution in [0.5, 0.6) is 11.5 Å². The third-order valence-electron chi connectivity index (χ3n) is 2.63. The lowest BCUT2D eigenvalue weighted by Crippen LogP contribution is -2.32. The van der Waals surface area contributed by atoms with Crippen LogP contribution in [0.1, 0.15) is 5.56 Å². The summed E-state index contributed by atoms with van der Waals surface area (Å²) < 4.78 is 5.59. The van der Waals surface area contributed by atoms with Gasteiger partial charge in [0, 0.05) is 12.3 Å². The molecule has 2 aromatic rings. The normalized spacial score (nSPS) is 11.9. The van der Waals surface area contributed by atoms with Crippen molar-refractivity contribution in [3.05, 3.63) is 53.3 Å². The first-order chi connectivity index (χ1) is 9.54. The summed E-state index contributed by atoms with van der Waals surface area (Å²) in [6, 6.07) is 9.45. The number of carbonyl (C=O) groups is 1. The van der Waals surface area contributed by atoms with E-state index < -0.39 is 12.0 Å². The molecule has 0 amide bonds. The molecule has 20 heavy (non-hydrogen) atoms. The van der Waals surface area contributed by atoms with Gasteiger partial charge in [-0.2, -0.15) is 0 Å². The molecule has 1 atom stereocenters. The first-order valence-electron chi connectivity index (χ1n) is 5.91. The van der Waals surface area contributed by atoms with Gasteiger partial charge in [-0.05, 0) is 30.2 Å². The van der Waals surface area contributed by atoms with Gasteiger partial charge in [0.05, 0.1) is 0 Å². The van der Waals surface area contributed by atoms with Crippen LogP contribution in [0.15, 0.2) is 42.6 Å². The summed E-state index contributed by atoms with van der Waals surface area (Å²) in [5.41, 5.74) is 6.31. The zero-order chi connectivity index (χ0) is 14.5. The van der Waals surface area contributed by atoms with Crippen molar-refractivity contribution in [2.24, 2.45) is 5.73 Å². The first kappa shape index (κ1) is 14.3. The molecule has 1 heterocycles. The Labute approximate surface area is 121 Å². The third-order valence-corrected chi connectivity index (χ3v) is 2.84. The Morgan fingerprint density at radius 2 is 2.00 bits per heavy atom. The molecular formula is C14H13ClN2O3. The molecular weight excluding hydrogens is 280 g/mol. The number of benzene rings is 1. The molecule has 0 saturated carbocycles. The number of carboxylic acid groups (broad SMARTS) is 1. The van der Waals surface area contributed by atoms with Crippen molar-refractivity contribution in [3.63, 3.8) is 0 Å². The number of ether oxygens (including phenoxy) is 1. The standard InChI is InChI=1S/C14H13ClN2O3/c15-13-8-11(5-6-17-13)20-10-3-1-9(2-4-10)7-12(16)14(18)19/h1-6,8,12H,7,16H2,(H,18,19)/t12-/m0/s1. The van der Waals surface area contributed by atoms with Crippen LogP contribution in [0.2, 0.25) is 5.15 Å². The lowest BCUT2D eigenvalue weighted by molar-refractivity contribution is -0.138. The molecule has 0 bridgehead atoms. The molecule has 1 aromatic heterocycles. The Kier molecular flexibility index (Phi) is 4.55. The lowest BCUT2D eigenvalue weighted by Gasteiger charge is -2.08. The van der Waals surface area contributed by atoms with E-state index in [-0.39, 0.29) is 6.42 Å². The Morgan fingerprint density at radius 1 is 1.30 bits per heavy atom. The average molecular weight is 293 g/mol. The molecule has 3 N–H and O–H groups in total. The minimum absolute atomic E-state index is 0.275. The fourth-order valence-corrected chi connectivity index (χ4v) is 1.78. The molecule has 1 aromatic carbocycles. The van der Waals surface area contributed by atoms with Crippen LogP contribution in [-0.2, 0) is 11.2 Å². The van der Waals surface area contributed by atoms with Gasteiger partial charge >= 0.3 is 5.97 Å². The summed E-state index contributed by atoms with van der Waals surface area (Å²) in [5.74, 6) is 0.191. The Bertz CT molecular complexity index is 602. The maximum Gasteiger partial charge on any atom is 0.320 e. The Hall–Kier alpha value is -2.11. The minimum Gasteiger partial charge on any atom is -0.480 e. The average Bonchev–Trinajstić information content (AvgIpc) is 2.41. The van der Waals surface area contributed by atoms with Gasteiger partial charge in [0.2, 0.25) is 0 Å². The Morgan fingerprint density at radius 3 is 2.60 bits per heavy atom. The lowest BCUT2D eigenvalue weighted by atomic mass is 10.1. The number of nitrogens with two attached hydrogens (primary N) is 1. The largest absolute Gasteiger partial charge is 0.480 e. The van der Waals surface area contributed by atoms with Gasteiger partial charge in [0.1, 0.15) is 22.7 Å². The van der Waals surface area contributed by atoms with Crippen molar-refractivity contribution >= 4 is 17.6 Å². The molecule has 6 heteroatoms. The fourth-order valence-electron chi connectivity index (χ4n) is 1.62. The van der Waals surface area contributed by atoms with Crippen molar-refractivity contribution in [2.75, 3.05) is 0 Å². The smallest absolute Gasteiger partial charge is 0.320 e. The summed E-state index contributed by atoms with van der Waals surface area (Å²) >= 11 is 5.76. The van der Waals surface area contributed by atoms with E-state index in [0.717, 1.165) is 5.56 Å². The van der Waals surface area contributed by atoms with E-state index in [1.807, 2.05) is 0 Å². The van der Waals surface area contributed by atoms with E-state index in [9.17, 15) is 4.79 Å². The molecule has 104 valence electrons. The quantitative estimate of drug-likeness (QED) is 0.827. The van der Waals surface area contributed by atoms with Crippen LogP contribution >= 0.6 is 11.6 Å². The molecule has 0 radical (unpaired) electrons. The summed E-state index contributed by atoms with van der Waals surface area (Å²) in [6.45, 7) is 0. The van der Waals surface area contributed by atoms with Crippen molar-refractivity contribution in [1.29, 1.82) is 0 Å². The SMILES string of the molecule is N[C@@H](Cc1ccc(Oc2ccnc(Cl)c2)cc1)C(=O)O. The van der Waals surface area contributed by atoms with Gasteiger partial charge in [-0.25, -0.2) is 4.98 Å². The van der Waals surface area contributed by atoms with Crippen molar-refractivity contribution in [2.45, 2.75) is 12.5 Å². The van der Waals surface area contributed by atoms with Gasteiger partial charge < -0.3 is 15.6 Å². The second kappa shape index (κ2) is 6.36. The second-order valence-electron chi connectivity index (χ2n) is 4.21. The molecule has 0 saturated heterocycles. The molecule has 0 aliphatic carbocycles. The van der Waals surface area contributed by atoms with E-state index >= 15 is 0 Å². The van der Waals surface area contributed by atoms with Crippen LogP contribution in [-0.4, -0.2) is 22.1 Å². The maximum absolute atomic E-state index is 10.7.